The first-order chi connectivity index (χ1) is 13.5. The third-order valence-electron chi connectivity index (χ3n) is 5.62. The predicted molar refractivity (Wildman–Crippen MR) is 113 cm³/mol. The second-order valence-electron chi connectivity index (χ2n) is 7.49. The van der Waals surface area contributed by atoms with Crippen LogP contribution in [0.5, 0.6) is 0 Å². The summed E-state index contributed by atoms with van der Waals surface area (Å²) in [5.74, 6) is 0.425. The van der Waals surface area contributed by atoms with E-state index in [9.17, 15) is 13.0 Å². The lowest BCUT2D eigenvalue weighted by atomic mass is 9.82. The Bertz CT molecular complexity index is 991. The first kappa shape index (κ1) is 18.9. The molecule has 0 spiro atoms. The normalized spacial score (nSPS) is 15.5. The topological polar surface area (TPSA) is 54.4 Å². The summed E-state index contributed by atoms with van der Waals surface area (Å²) in [6.45, 7) is 0. The molecular weight excluding hydrogens is 368 g/mol. The molecule has 144 valence electrons. The summed E-state index contributed by atoms with van der Waals surface area (Å²) in [7, 11) is -4.41. The van der Waals surface area contributed by atoms with Crippen LogP contribution in [0.25, 0.3) is 22.3 Å². The highest BCUT2D eigenvalue weighted by molar-refractivity contribution is 7.86. The van der Waals surface area contributed by atoms with Gasteiger partial charge in [0.25, 0.3) is 10.1 Å². The molecule has 0 aliphatic heterocycles. The van der Waals surface area contributed by atoms with Crippen LogP contribution in [0.2, 0.25) is 0 Å². The van der Waals surface area contributed by atoms with Gasteiger partial charge in [-0.05, 0) is 47.6 Å². The first-order valence-electron chi connectivity index (χ1n) is 9.80. The molecule has 1 fully saturated rings. The molecule has 0 saturated heterocycles. The van der Waals surface area contributed by atoms with Crippen LogP contribution in [0.4, 0.5) is 0 Å². The SMILES string of the molecule is O=S(=O)(O)c1c(-c2ccccc2)cc(C2CCCCC2)cc1-c1ccccc1. The minimum Gasteiger partial charge on any atom is -0.282 e. The first-order valence-corrected chi connectivity index (χ1v) is 11.2. The standard InChI is InChI=1S/C24H24O3S/c25-28(26,27)24-22(19-12-6-2-7-13-19)16-21(18-10-4-1-5-11-18)17-23(24)20-14-8-3-9-15-20/h2-3,6-9,12-18H,1,4-5,10-11H2,(H,25,26,27). The van der Waals surface area contributed by atoms with Gasteiger partial charge in [0.05, 0.1) is 0 Å². The minimum atomic E-state index is -4.41. The fraction of sp³-hybridized carbons (Fsp3) is 0.250. The van der Waals surface area contributed by atoms with E-state index in [-0.39, 0.29) is 4.90 Å². The summed E-state index contributed by atoms with van der Waals surface area (Å²) in [5, 5.41) is 0. The van der Waals surface area contributed by atoms with Gasteiger partial charge < -0.3 is 0 Å². The number of hydrogen-bond donors (Lipinski definition) is 1. The molecule has 0 bridgehead atoms. The van der Waals surface area contributed by atoms with Crippen molar-refractivity contribution in [2.75, 3.05) is 0 Å². The number of benzene rings is 3. The molecule has 3 aromatic rings. The molecule has 3 aromatic carbocycles. The molecule has 0 heterocycles. The Kier molecular flexibility index (Phi) is 5.33. The summed E-state index contributed by atoms with van der Waals surface area (Å²) < 4.78 is 35.1. The highest BCUT2D eigenvalue weighted by atomic mass is 32.2. The van der Waals surface area contributed by atoms with Gasteiger partial charge in [-0.1, -0.05) is 79.9 Å². The maximum Gasteiger partial charge on any atom is 0.295 e. The van der Waals surface area contributed by atoms with E-state index < -0.39 is 10.1 Å². The fourth-order valence-electron chi connectivity index (χ4n) is 4.26. The van der Waals surface area contributed by atoms with Crippen LogP contribution in [-0.4, -0.2) is 13.0 Å². The zero-order chi connectivity index (χ0) is 19.6. The largest absolute Gasteiger partial charge is 0.295 e. The van der Waals surface area contributed by atoms with Gasteiger partial charge in [-0.2, -0.15) is 8.42 Å². The molecule has 0 unspecified atom stereocenters. The van der Waals surface area contributed by atoms with Crippen LogP contribution < -0.4 is 0 Å². The van der Waals surface area contributed by atoms with Crippen molar-refractivity contribution in [2.45, 2.75) is 42.9 Å². The monoisotopic (exact) mass is 392 g/mol. The Hall–Kier alpha value is -2.43. The van der Waals surface area contributed by atoms with Gasteiger partial charge in [0.15, 0.2) is 0 Å². The Balaban J connectivity index is 2.02. The molecule has 1 saturated carbocycles. The highest BCUT2D eigenvalue weighted by Gasteiger charge is 2.26. The average molecular weight is 393 g/mol. The van der Waals surface area contributed by atoms with Gasteiger partial charge in [0, 0.05) is 11.1 Å². The summed E-state index contributed by atoms with van der Waals surface area (Å²) in [5.41, 5.74) is 3.90. The van der Waals surface area contributed by atoms with Crippen LogP contribution in [0.15, 0.2) is 77.7 Å². The van der Waals surface area contributed by atoms with Gasteiger partial charge in [-0.3, -0.25) is 4.55 Å². The Labute approximate surface area is 166 Å². The van der Waals surface area contributed by atoms with Crippen molar-refractivity contribution in [1.29, 1.82) is 0 Å². The van der Waals surface area contributed by atoms with Crippen molar-refractivity contribution in [3.8, 4) is 22.3 Å². The van der Waals surface area contributed by atoms with Crippen LogP contribution in [0.3, 0.4) is 0 Å². The molecule has 1 N–H and O–H groups in total. The summed E-state index contributed by atoms with van der Waals surface area (Å²) in [6, 6.07) is 22.9. The maximum atomic E-state index is 12.5. The quantitative estimate of drug-likeness (QED) is 0.529. The van der Waals surface area contributed by atoms with E-state index in [0.29, 0.717) is 17.0 Å². The Morgan fingerprint density at radius 1 is 0.714 bits per heavy atom. The van der Waals surface area contributed by atoms with Gasteiger partial charge in [0.1, 0.15) is 4.90 Å². The molecule has 3 nitrogen and oxygen atoms in total. The van der Waals surface area contributed by atoms with Gasteiger partial charge in [-0.25, -0.2) is 0 Å². The van der Waals surface area contributed by atoms with Crippen molar-refractivity contribution in [2.24, 2.45) is 0 Å². The number of rotatable bonds is 4. The van der Waals surface area contributed by atoms with Crippen molar-refractivity contribution < 1.29 is 13.0 Å². The highest BCUT2D eigenvalue weighted by Crippen LogP contribution is 2.41. The van der Waals surface area contributed by atoms with Crippen LogP contribution in [0, 0.1) is 0 Å². The third kappa shape index (κ3) is 3.89. The van der Waals surface area contributed by atoms with E-state index in [1.54, 1.807) is 0 Å². The molecule has 0 aromatic heterocycles. The summed E-state index contributed by atoms with van der Waals surface area (Å²) in [6.07, 6.45) is 5.90. The molecule has 0 amide bonds. The van der Waals surface area contributed by atoms with Crippen molar-refractivity contribution >= 4 is 10.1 Å². The molecule has 4 heteroatoms. The fourth-order valence-corrected chi connectivity index (χ4v) is 5.17. The van der Waals surface area contributed by atoms with Crippen LogP contribution in [0.1, 0.15) is 43.6 Å². The van der Waals surface area contributed by atoms with E-state index in [1.807, 2.05) is 72.8 Å². The molecule has 1 aliphatic rings. The summed E-state index contributed by atoms with van der Waals surface area (Å²) >= 11 is 0. The molecular formula is C24H24O3S. The van der Waals surface area contributed by atoms with Crippen LogP contribution >= 0.6 is 0 Å². The molecule has 0 atom stereocenters. The molecule has 28 heavy (non-hydrogen) atoms. The van der Waals surface area contributed by atoms with E-state index in [1.165, 1.54) is 19.3 Å². The Morgan fingerprint density at radius 3 is 1.61 bits per heavy atom. The zero-order valence-electron chi connectivity index (χ0n) is 15.7. The molecule has 1 aliphatic carbocycles. The lowest BCUT2D eigenvalue weighted by molar-refractivity contribution is 0.443. The van der Waals surface area contributed by atoms with Crippen molar-refractivity contribution in [3.05, 3.63) is 78.4 Å². The lowest BCUT2D eigenvalue weighted by Crippen LogP contribution is -2.09. The van der Waals surface area contributed by atoms with Crippen LogP contribution in [-0.2, 0) is 10.1 Å². The third-order valence-corrected chi connectivity index (χ3v) is 6.57. The Morgan fingerprint density at radius 2 is 1.18 bits per heavy atom. The number of hydrogen-bond acceptors (Lipinski definition) is 2. The smallest absolute Gasteiger partial charge is 0.282 e. The van der Waals surface area contributed by atoms with E-state index in [4.69, 9.17) is 0 Å². The maximum absolute atomic E-state index is 12.5. The molecule has 4 rings (SSSR count). The predicted octanol–water partition coefficient (Wildman–Crippen LogP) is 6.32. The van der Waals surface area contributed by atoms with E-state index in [0.717, 1.165) is 29.5 Å². The van der Waals surface area contributed by atoms with Gasteiger partial charge >= 0.3 is 0 Å². The summed E-state index contributed by atoms with van der Waals surface area (Å²) in [4.78, 5) is -0.00976. The van der Waals surface area contributed by atoms with E-state index >= 15 is 0 Å². The second-order valence-corrected chi connectivity index (χ2v) is 8.85. The van der Waals surface area contributed by atoms with Crippen molar-refractivity contribution in [1.82, 2.24) is 0 Å². The average Bonchev–Trinajstić information content (AvgIpc) is 2.74. The lowest BCUT2D eigenvalue weighted by Gasteiger charge is -2.24. The van der Waals surface area contributed by atoms with Gasteiger partial charge in [-0.15, -0.1) is 0 Å². The second kappa shape index (κ2) is 7.90. The molecule has 0 radical (unpaired) electrons. The minimum absolute atomic E-state index is 0.00976. The van der Waals surface area contributed by atoms with Crippen molar-refractivity contribution in [3.63, 3.8) is 0 Å². The van der Waals surface area contributed by atoms with E-state index in [2.05, 4.69) is 0 Å². The van der Waals surface area contributed by atoms with Gasteiger partial charge in [0.2, 0.25) is 0 Å². The zero-order valence-corrected chi connectivity index (χ0v) is 16.5.